The minimum absolute atomic E-state index is 0.116. The molecule has 86 valence electrons. The standard InChI is InChI=1S/C7H17O5PS/c1-4-10-13(11-5-2)7-6-12-14(3,8)9/h4-7H2,1-3H3. The Kier molecular flexibility index (Phi) is 7.68. The number of rotatable bonds is 8. The van der Waals surface area contributed by atoms with Crippen molar-refractivity contribution in [2.75, 3.05) is 32.2 Å². The monoisotopic (exact) mass is 244 g/mol. The summed E-state index contributed by atoms with van der Waals surface area (Å²) in [6.45, 7) is 4.97. The molecule has 0 aliphatic heterocycles. The van der Waals surface area contributed by atoms with Crippen LogP contribution in [0.4, 0.5) is 0 Å². The van der Waals surface area contributed by atoms with Gasteiger partial charge >= 0.3 is 0 Å². The molecule has 0 amide bonds. The predicted molar refractivity (Wildman–Crippen MR) is 55.8 cm³/mol. The van der Waals surface area contributed by atoms with Crippen molar-refractivity contribution in [2.24, 2.45) is 0 Å². The van der Waals surface area contributed by atoms with E-state index in [1.807, 2.05) is 13.8 Å². The molecule has 0 radical (unpaired) electrons. The van der Waals surface area contributed by atoms with Gasteiger partial charge in [-0.1, -0.05) is 0 Å². The molecule has 0 spiro atoms. The molecule has 7 heteroatoms. The van der Waals surface area contributed by atoms with Gasteiger partial charge in [-0.3, -0.25) is 4.18 Å². The van der Waals surface area contributed by atoms with Gasteiger partial charge in [-0.15, -0.1) is 0 Å². The molecular weight excluding hydrogens is 227 g/mol. The number of hydrogen-bond acceptors (Lipinski definition) is 5. The molecule has 0 aromatic heterocycles. The average Bonchev–Trinajstić information content (AvgIpc) is 2.02. The summed E-state index contributed by atoms with van der Waals surface area (Å²) in [5, 5.41) is 0. The van der Waals surface area contributed by atoms with Gasteiger partial charge in [0.05, 0.1) is 26.1 Å². The van der Waals surface area contributed by atoms with E-state index in [-0.39, 0.29) is 6.61 Å². The molecule has 0 fully saturated rings. The van der Waals surface area contributed by atoms with Gasteiger partial charge in [-0.05, 0) is 13.8 Å². The maximum Gasteiger partial charge on any atom is 0.264 e. The summed E-state index contributed by atoms with van der Waals surface area (Å²) >= 11 is 0. The highest BCUT2D eigenvalue weighted by molar-refractivity contribution is 7.86. The second kappa shape index (κ2) is 7.54. The van der Waals surface area contributed by atoms with Gasteiger partial charge in [0.25, 0.3) is 10.1 Å². The molecule has 14 heavy (non-hydrogen) atoms. The van der Waals surface area contributed by atoms with E-state index in [0.717, 1.165) is 6.26 Å². The molecule has 0 atom stereocenters. The molecule has 0 aliphatic rings. The summed E-state index contributed by atoms with van der Waals surface area (Å²) in [5.74, 6) is 0. The normalized spacial score (nSPS) is 12.3. The van der Waals surface area contributed by atoms with Gasteiger partial charge in [0.2, 0.25) is 0 Å². The molecule has 0 saturated carbocycles. The van der Waals surface area contributed by atoms with Crippen LogP contribution in [0.25, 0.3) is 0 Å². The second-order valence-electron chi connectivity index (χ2n) is 2.42. The van der Waals surface area contributed by atoms with E-state index >= 15 is 0 Å². The zero-order chi connectivity index (χ0) is 11.0. The largest absolute Gasteiger partial charge is 0.334 e. The molecule has 0 N–H and O–H groups in total. The Hall–Kier alpha value is 0.260. The fourth-order valence-electron chi connectivity index (χ4n) is 0.718. The van der Waals surface area contributed by atoms with Crippen LogP contribution in [0.2, 0.25) is 0 Å². The molecule has 0 aliphatic carbocycles. The average molecular weight is 244 g/mol. The molecule has 0 rings (SSSR count). The van der Waals surface area contributed by atoms with Crippen LogP contribution in [-0.4, -0.2) is 40.7 Å². The van der Waals surface area contributed by atoms with Gasteiger partial charge in [0.1, 0.15) is 0 Å². The van der Waals surface area contributed by atoms with Crippen molar-refractivity contribution < 1.29 is 21.6 Å². The predicted octanol–water partition coefficient (Wildman–Crippen LogP) is 1.35. The maximum absolute atomic E-state index is 10.6. The van der Waals surface area contributed by atoms with E-state index in [2.05, 4.69) is 4.18 Å². The van der Waals surface area contributed by atoms with Crippen LogP contribution in [0.5, 0.6) is 0 Å². The SMILES string of the molecule is CCOP(CCOS(C)(=O)=O)OCC. The first-order valence-electron chi connectivity index (χ1n) is 4.37. The summed E-state index contributed by atoms with van der Waals surface area (Å²) in [6.07, 6.45) is 1.50. The lowest BCUT2D eigenvalue weighted by Crippen LogP contribution is -2.08. The molecule has 5 nitrogen and oxygen atoms in total. The van der Waals surface area contributed by atoms with Crippen LogP contribution in [0.1, 0.15) is 13.8 Å². The highest BCUT2D eigenvalue weighted by Crippen LogP contribution is 2.37. The van der Waals surface area contributed by atoms with E-state index in [1.54, 1.807) is 0 Å². The summed E-state index contributed by atoms with van der Waals surface area (Å²) < 4.78 is 36.4. The van der Waals surface area contributed by atoms with E-state index in [0.29, 0.717) is 19.4 Å². The van der Waals surface area contributed by atoms with Crippen LogP contribution in [0.3, 0.4) is 0 Å². The highest BCUT2D eigenvalue weighted by Gasteiger charge is 2.10. The van der Waals surface area contributed by atoms with Crippen molar-refractivity contribution in [1.82, 2.24) is 0 Å². The zero-order valence-corrected chi connectivity index (χ0v) is 10.4. The van der Waals surface area contributed by atoms with E-state index in [4.69, 9.17) is 9.05 Å². The fraction of sp³-hybridized carbons (Fsp3) is 1.00. The maximum atomic E-state index is 10.6. The van der Waals surface area contributed by atoms with E-state index < -0.39 is 18.5 Å². The van der Waals surface area contributed by atoms with Gasteiger partial charge in [-0.2, -0.15) is 8.42 Å². The smallest absolute Gasteiger partial charge is 0.264 e. The third kappa shape index (κ3) is 8.84. The van der Waals surface area contributed by atoms with E-state index in [9.17, 15) is 8.42 Å². The molecule has 0 heterocycles. The molecule has 0 aromatic rings. The van der Waals surface area contributed by atoms with Gasteiger partial charge in [-0.25, -0.2) is 0 Å². The zero-order valence-electron chi connectivity index (χ0n) is 8.73. The lowest BCUT2D eigenvalue weighted by Gasteiger charge is -2.14. The third-order valence-electron chi connectivity index (χ3n) is 1.12. The van der Waals surface area contributed by atoms with Crippen molar-refractivity contribution in [3.63, 3.8) is 0 Å². The van der Waals surface area contributed by atoms with Gasteiger partial charge < -0.3 is 9.05 Å². The van der Waals surface area contributed by atoms with Crippen molar-refractivity contribution in [3.8, 4) is 0 Å². The Bertz CT molecular complexity index is 222. The summed E-state index contributed by atoms with van der Waals surface area (Å²) in [4.78, 5) is 0. The van der Waals surface area contributed by atoms with Crippen molar-refractivity contribution in [2.45, 2.75) is 13.8 Å². The first-order chi connectivity index (χ1) is 6.49. The molecule has 0 aromatic carbocycles. The van der Waals surface area contributed by atoms with Crippen molar-refractivity contribution in [1.29, 1.82) is 0 Å². The Morgan fingerprint density at radius 1 is 1.14 bits per heavy atom. The lowest BCUT2D eigenvalue weighted by atomic mass is 10.9. The summed E-state index contributed by atoms with van der Waals surface area (Å²) in [7, 11) is -4.35. The Balaban J connectivity index is 3.70. The summed E-state index contributed by atoms with van der Waals surface area (Å²) in [6, 6.07) is 0. The minimum Gasteiger partial charge on any atom is -0.334 e. The van der Waals surface area contributed by atoms with Crippen molar-refractivity contribution >= 4 is 18.5 Å². The Morgan fingerprint density at radius 3 is 2.00 bits per heavy atom. The first-order valence-corrected chi connectivity index (χ1v) is 7.55. The first kappa shape index (κ1) is 14.3. The third-order valence-corrected chi connectivity index (χ3v) is 3.35. The quantitative estimate of drug-likeness (QED) is 0.476. The van der Waals surface area contributed by atoms with E-state index in [1.165, 1.54) is 0 Å². The fourth-order valence-corrected chi connectivity index (χ4v) is 2.38. The van der Waals surface area contributed by atoms with Crippen LogP contribution in [-0.2, 0) is 23.3 Å². The second-order valence-corrected chi connectivity index (χ2v) is 5.69. The van der Waals surface area contributed by atoms with Crippen LogP contribution >= 0.6 is 8.38 Å². The topological polar surface area (TPSA) is 61.8 Å². The highest BCUT2D eigenvalue weighted by atomic mass is 32.2. The lowest BCUT2D eigenvalue weighted by molar-refractivity contribution is 0.260. The Labute approximate surface area is 86.8 Å². The molecule has 0 bridgehead atoms. The molecular formula is C7H17O5PS. The minimum atomic E-state index is -3.35. The summed E-state index contributed by atoms with van der Waals surface area (Å²) in [5.41, 5.74) is 0. The van der Waals surface area contributed by atoms with Gasteiger partial charge in [0.15, 0.2) is 8.38 Å². The molecule has 0 saturated heterocycles. The Morgan fingerprint density at radius 2 is 1.64 bits per heavy atom. The number of hydrogen-bond donors (Lipinski definition) is 0. The van der Waals surface area contributed by atoms with Crippen LogP contribution in [0.15, 0.2) is 0 Å². The van der Waals surface area contributed by atoms with Crippen molar-refractivity contribution in [3.05, 3.63) is 0 Å². The van der Waals surface area contributed by atoms with Gasteiger partial charge in [0, 0.05) is 6.16 Å². The van der Waals surface area contributed by atoms with Crippen LogP contribution in [0, 0.1) is 0 Å². The van der Waals surface area contributed by atoms with Crippen LogP contribution < -0.4 is 0 Å². The molecule has 0 unspecified atom stereocenters.